The molecule has 6 nitrogen and oxygen atoms in total. The zero-order valence-electron chi connectivity index (χ0n) is 11.5. The second kappa shape index (κ2) is 5.62. The molecule has 0 aliphatic heterocycles. The molecule has 0 bridgehead atoms. The standard InChI is InChI=1S/C15H14N4O2/c1-21-13-6-3-2-5-11(13)9-17-15(20)12-10-18-19-8-4-7-16-14(12)19/h2-8,10H,9H2,1H3,(H,17,20). The molecule has 0 atom stereocenters. The van der Waals surface area contributed by atoms with E-state index in [0.717, 1.165) is 11.3 Å². The van der Waals surface area contributed by atoms with E-state index < -0.39 is 0 Å². The number of carbonyl (C=O) groups excluding carboxylic acids is 1. The molecule has 3 rings (SSSR count). The van der Waals surface area contributed by atoms with E-state index in [1.54, 1.807) is 30.1 Å². The number of aromatic nitrogens is 3. The fraction of sp³-hybridized carbons (Fsp3) is 0.133. The first-order valence-corrected chi connectivity index (χ1v) is 6.48. The molecule has 0 spiro atoms. The monoisotopic (exact) mass is 282 g/mol. The summed E-state index contributed by atoms with van der Waals surface area (Å²) in [5, 5.41) is 6.95. The van der Waals surface area contributed by atoms with Gasteiger partial charge in [-0.1, -0.05) is 18.2 Å². The number of rotatable bonds is 4. The molecule has 0 aliphatic carbocycles. The third-order valence-electron chi connectivity index (χ3n) is 3.16. The molecular formula is C15H14N4O2. The first kappa shape index (κ1) is 13.1. The summed E-state index contributed by atoms with van der Waals surface area (Å²) in [6, 6.07) is 9.32. The van der Waals surface area contributed by atoms with Gasteiger partial charge in [0.15, 0.2) is 5.65 Å². The van der Waals surface area contributed by atoms with E-state index >= 15 is 0 Å². The maximum Gasteiger partial charge on any atom is 0.257 e. The van der Waals surface area contributed by atoms with Crippen LogP contribution in [0.15, 0.2) is 48.9 Å². The number of hydrogen-bond donors (Lipinski definition) is 1. The van der Waals surface area contributed by atoms with Gasteiger partial charge in [-0.2, -0.15) is 5.10 Å². The number of nitrogens with zero attached hydrogens (tertiary/aromatic N) is 3. The molecule has 1 N–H and O–H groups in total. The molecule has 2 aromatic heterocycles. The summed E-state index contributed by atoms with van der Waals surface area (Å²) in [4.78, 5) is 16.4. The van der Waals surface area contributed by atoms with Gasteiger partial charge in [-0.15, -0.1) is 0 Å². The molecule has 1 amide bonds. The molecule has 21 heavy (non-hydrogen) atoms. The topological polar surface area (TPSA) is 68.5 Å². The van der Waals surface area contributed by atoms with Crippen LogP contribution in [-0.2, 0) is 6.54 Å². The number of nitrogens with one attached hydrogen (secondary N) is 1. The fourth-order valence-electron chi connectivity index (χ4n) is 2.11. The third-order valence-corrected chi connectivity index (χ3v) is 3.16. The minimum absolute atomic E-state index is 0.213. The van der Waals surface area contributed by atoms with Crippen molar-refractivity contribution in [2.24, 2.45) is 0 Å². The van der Waals surface area contributed by atoms with Gasteiger partial charge in [0.2, 0.25) is 0 Å². The number of carbonyl (C=O) groups is 1. The summed E-state index contributed by atoms with van der Waals surface area (Å²) < 4.78 is 6.83. The molecule has 2 heterocycles. The summed E-state index contributed by atoms with van der Waals surface area (Å²) in [6.07, 6.45) is 4.90. The largest absolute Gasteiger partial charge is 0.496 e. The van der Waals surface area contributed by atoms with Gasteiger partial charge in [0.05, 0.1) is 13.3 Å². The van der Waals surface area contributed by atoms with Crippen LogP contribution >= 0.6 is 0 Å². The summed E-state index contributed by atoms with van der Waals surface area (Å²) in [5.74, 6) is 0.533. The first-order chi connectivity index (χ1) is 10.3. The second-order valence-electron chi connectivity index (χ2n) is 4.44. The van der Waals surface area contributed by atoms with Crippen molar-refractivity contribution in [3.8, 4) is 5.75 Å². The number of ether oxygens (including phenoxy) is 1. The van der Waals surface area contributed by atoms with Crippen molar-refractivity contribution in [1.29, 1.82) is 0 Å². The van der Waals surface area contributed by atoms with E-state index in [-0.39, 0.29) is 5.91 Å². The molecule has 0 unspecified atom stereocenters. The van der Waals surface area contributed by atoms with Crippen LogP contribution in [0.4, 0.5) is 0 Å². The van der Waals surface area contributed by atoms with Crippen LogP contribution in [0.3, 0.4) is 0 Å². The predicted molar refractivity (Wildman–Crippen MR) is 77.2 cm³/mol. The maximum atomic E-state index is 12.2. The van der Waals surface area contributed by atoms with Crippen molar-refractivity contribution in [2.45, 2.75) is 6.54 Å². The molecular weight excluding hydrogens is 268 g/mol. The Kier molecular flexibility index (Phi) is 3.51. The van der Waals surface area contributed by atoms with Gasteiger partial charge in [-0.05, 0) is 12.1 Å². The Morgan fingerprint density at radius 1 is 1.33 bits per heavy atom. The number of methoxy groups -OCH3 is 1. The molecule has 0 fully saturated rings. The van der Waals surface area contributed by atoms with Crippen LogP contribution in [0.5, 0.6) is 5.75 Å². The maximum absolute atomic E-state index is 12.2. The fourth-order valence-corrected chi connectivity index (χ4v) is 2.11. The molecule has 106 valence electrons. The lowest BCUT2D eigenvalue weighted by Gasteiger charge is -2.08. The molecule has 3 aromatic rings. The van der Waals surface area contributed by atoms with Crippen molar-refractivity contribution in [3.05, 3.63) is 60.0 Å². The van der Waals surface area contributed by atoms with Gasteiger partial charge < -0.3 is 10.1 Å². The van der Waals surface area contributed by atoms with E-state index in [2.05, 4.69) is 15.4 Å². The van der Waals surface area contributed by atoms with Gasteiger partial charge in [0.1, 0.15) is 11.3 Å². The van der Waals surface area contributed by atoms with Crippen LogP contribution in [-0.4, -0.2) is 27.6 Å². The number of benzene rings is 1. The quantitative estimate of drug-likeness (QED) is 0.790. The van der Waals surface area contributed by atoms with Gasteiger partial charge in [0.25, 0.3) is 5.91 Å². The SMILES string of the molecule is COc1ccccc1CNC(=O)c1cnn2cccnc12. The summed E-state index contributed by atoms with van der Waals surface area (Å²) in [6.45, 7) is 0.382. The smallest absolute Gasteiger partial charge is 0.257 e. The van der Waals surface area contributed by atoms with Crippen LogP contribution in [0.25, 0.3) is 5.65 Å². The van der Waals surface area contributed by atoms with Gasteiger partial charge in [-0.3, -0.25) is 4.79 Å². The van der Waals surface area contributed by atoms with E-state index in [0.29, 0.717) is 17.8 Å². The van der Waals surface area contributed by atoms with Crippen molar-refractivity contribution in [2.75, 3.05) is 7.11 Å². The first-order valence-electron chi connectivity index (χ1n) is 6.48. The minimum atomic E-state index is -0.213. The Labute approximate surface area is 121 Å². The average Bonchev–Trinajstić information content (AvgIpc) is 2.97. The number of para-hydroxylation sites is 1. The number of hydrogen-bond acceptors (Lipinski definition) is 4. The Bertz CT molecular complexity index is 782. The van der Waals surface area contributed by atoms with Crippen molar-refractivity contribution < 1.29 is 9.53 Å². The number of amides is 1. The highest BCUT2D eigenvalue weighted by molar-refractivity contribution is 5.99. The lowest BCUT2D eigenvalue weighted by atomic mass is 10.2. The van der Waals surface area contributed by atoms with E-state index in [1.165, 1.54) is 6.20 Å². The molecule has 1 aromatic carbocycles. The van der Waals surface area contributed by atoms with Crippen LogP contribution in [0.2, 0.25) is 0 Å². The lowest BCUT2D eigenvalue weighted by Crippen LogP contribution is -2.23. The molecule has 0 saturated heterocycles. The summed E-state index contributed by atoms with van der Waals surface area (Å²) in [5.41, 5.74) is 1.90. The number of fused-ring (bicyclic) bond motifs is 1. The minimum Gasteiger partial charge on any atom is -0.496 e. The van der Waals surface area contributed by atoms with Crippen molar-refractivity contribution >= 4 is 11.6 Å². The van der Waals surface area contributed by atoms with Crippen LogP contribution < -0.4 is 10.1 Å². The van der Waals surface area contributed by atoms with Gasteiger partial charge >= 0.3 is 0 Å². The Balaban J connectivity index is 1.78. The van der Waals surface area contributed by atoms with Gasteiger partial charge in [-0.25, -0.2) is 9.50 Å². The Morgan fingerprint density at radius 3 is 3.05 bits per heavy atom. The molecule has 0 saturated carbocycles. The van der Waals surface area contributed by atoms with Crippen LogP contribution in [0.1, 0.15) is 15.9 Å². The molecule has 0 aliphatic rings. The lowest BCUT2D eigenvalue weighted by molar-refractivity contribution is 0.0952. The average molecular weight is 282 g/mol. The third kappa shape index (κ3) is 2.55. The highest BCUT2D eigenvalue weighted by Gasteiger charge is 2.13. The predicted octanol–water partition coefficient (Wildman–Crippen LogP) is 1.67. The van der Waals surface area contributed by atoms with Crippen molar-refractivity contribution in [3.63, 3.8) is 0 Å². The van der Waals surface area contributed by atoms with E-state index in [1.807, 2.05) is 24.3 Å². The Morgan fingerprint density at radius 2 is 2.19 bits per heavy atom. The summed E-state index contributed by atoms with van der Waals surface area (Å²) in [7, 11) is 1.61. The van der Waals surface area contributed by atoms with E-state index in [9.17, 15) is 4.79 Å². The highest BCUT2D eigenvalue weighted by atomic mass is 16.5. The zero-order valence-corrected chi connectivity index (χ0v) is 11.5. The second-order valence-corrected chi connectivity index (χ2v) is 4.44. The highest BCUT2D eigenvalue weighted by Crippen LogP contribution is 2.17. The molecule has 6 heteroatoms. The van der Waals surface area contributed by atoms with Crippen molar-refractivity contribution in [1.82, 2.24) is 19.9 Å². The van der Waals surface area contributed by atoms with Crippen LogP contribution in [0, 0.1) is 0 Å². The Hall–Kier alpha value is -2.89. The molecule has 0 radical (unpaired) electrons. The summed E-state index contributed by atoms with van der Waals surface area (Å²) >= 11 is 0. The van der Waals surface area contributed by atoms with E-state index in [4.69, 9.17) is 4.74 Å². The zero-order chi connectivity index (χ0) is 14.7. The van der Waals surface area contributed by atoms with Gasteiger partial charge in [0, 0.05) is 24.5 Å². The normalized spacial score (nSPS) is 10.5.